The molecule has 98 valence electrons. The monoisotopic (exact) mass is 292 g/mol. The lowest BCUT2D eigenvalue weighted by Crippen LogP contribution is -2.22. The molecular weight excluding hydrogens is 283 g/mol. The summed E-state index contributed by atoms with van der Waals surface area (Å²) in [5.41, 5.74) is 0.603. The second kappa shape index (κ2) is 6.32. The number of amides is 2. The van der Waals surface area contributed by atoms with Crippen LogP contribution in [0.15, 0.2) is 24.3 Å². The smallest absolute Gasteiger partial charge is 0.429 e. The Kier molecular flexibility index (Phi) is 5.06. The number of rotatable bonds is 2. The molecule has 1 aromatic rings. The van der Waals surface area contributed by atoms with Gasteiger partial charge in [0.2, 0.25) is 0 Å². The number of carbonyl (C=O) groups is 2. The van der Waals surface area contributed by atoms with E-state index in [1.54, 1.807) is 18.2 Å². The predicted octanol–water partition coefficient (Wildman–Crippen LogP) is 3.14. The van der Waals surface area contributed by atoms with Crippen molar-refractivity contribution in [1.29, 1.82) is 0 Å². The normalized spacial score (nSPS) is 9.56. The van der Waals surface area contributed by atoms with Gasteiger partial charge in [-0.3, -0.25) is 0 Å². The van der Waals surface area contributed by atoms with Crippen LogP contribution in [0.1, 0.15) is 0 Å². The summed E-state index contributed by atoms with van der Waals surface area (Å²) in [5, 5.41) is 0. The fraction of sp³-hybridized carbons (Fsp3) is 0.200. The van der Waals surface area contributed by atoms with Crippen LogP contribution in [0.4, 0.5) is 21.0 Å². The zero-order valence-electron chi connectivity index (χ0n) is 9.59. The number of carbonyl (C=O) groups excluding carboxylic acids is 2. The number of hydrogen-bond donors (Lipinski definition) is 0. The van der Waals surface area contributed by atoms with E-state index in [0.717, 1.165) is 8.84 Å². The first-order chi connectivity index (χ1) is 8.51. The maximum absolute atomic E-state index is 11.2. The molecule has 0 saturated heterocycles. The fourth-order valence-corrected chi connectivity index (χ4v) is 1.46. The Morgan fingerprint density at radius 1 is 1.00 bits per heavy atom. The highest BCUT2D eigenvalue weighted by Crippen LogP contribution is 2.25. The number of halogens is 2. The van der Waals surface area contributed by atoms with E-state index < -0.39 is 12.2 Å². The quantitative estimate of drug-likeness (QED) is 0.786. The Balaban J connectivity index is 2.99. The van der Waals surface area contributed by atoms with Crippen LogP contribution in [0.3, 0.4) is 0 Å². The van der Waals surface area contributed by atoms with Crippen molar-refractivity contribution in [2.45, 2.75) is 0 Å². The lowest BCUT2D eigenvalue weighted by Gasteiger charge is -2.16. The van der Waals surface area contributed by atoms with Crippen molar-refractivity contribution in [3.63, 3.8) is 0 Å². The third-order valence-electron chi connectivity index (χ3n) is 1.95. The topological polar surface area (TPSA) is 59.1 Å². The summed E-state index contributed by atoms with van der Waals surface area (Å²) in [5.74, 6) is 0. The van der Waals surface area contributed by atoms with Gasteiger partial charge in [0.15, 0.2) is 0 Å². The van der Waals surface area contributed by atoms with Crippen molar-refractivity contribution in [2.75, 3.05) is 23.1 Å². The molecule has 1 rings (SSSR count). The summed E-state index contributed by atoms with van der Waals surface area (Å²) in [6.45, 7) is 0. The molecule has 0 spiro atoms. The van der Waals surface area contributed by atoms with Gasteiger partial charge in [-0.25, -0.2) is 9.59 Å². The number of benzene rings is 1. The van der Waals surface area contributed by atoms with Gasteiger partial charge in [-0.05, 0) is 18.2 Å². The molecule has 6 nitrogen and oxygen atoms in total. The second-order valence-electron chi connectivity index (χ2n) is 3.02. The van der Waals surface area contributed by atoms with Crippen molar-refractivity contribution in [1.82, 2.24) is 0 Å². The van der Waals surface area contributed by atoms with Crippen LogP contribution < -0.4 is 8.84 Å². The molecule has 0 saturated carbocycles. The lowest BCUT2D eigenvalue weighted by molar-refractivity contribution is 0.182. The Hall–Kier alpha value is -1.66. The van der Waals surface area contributed by atoms with E-state index in [1.807, 2.05) is 0 Å². The number of methoxy groups -OCH3 is 2. The molecule has 0 atom stereocenters. The largest absolute Gasteiger partial charge is 0.452 e. The molecule has 0 heterocycles. The van der Waals surface area contributed by atoms with Gasteiger partial charge >= 0.3 is 12.2 Å². The molecular formula is C10H10Cl2N2O4. The second-order valence-corrected chi connectivity index (χ2v) is 3.70. The molecule has 8 heteroatoms. The summed E-state index contributed by atoms with van der Waals surface area (Å²) in [4.78, 5) is 22.4. The van der Waals surface area contributed by atoms with Crippen LogP contribution in [0, 0.1) is 0 Å². The summed E-state index contributed by atoms with van der Waals surface area (Å²) in [6.07, 6.45) is -1.51. The van der Waals surface area contributed by atoms with E-state index in [1.165, 1.54) is 20.3 Å². The zero-order chi connectivity index (χ0) is 13.7. The van der Waals surface area contributed by atoms with Crippen molar-refractivity contribution in [3.8, 4) is 0 Å². The summed E-state index contributed by atoms with van der Waals surface area (Å²) in [6, 6.07) is 6.10. The minimum absolute atomic E-state index is 0.301. The van der Waals surface area contributed by atoms with Crippen molar-refractivity contribution >= 4 is 47.1 Å². The first kappa shape index (κ1) is 14.4. The third-order valence-corrected chi connectivity index (χ3v) is 2.62. The number of ether oxygens (including phenoxy) is 2. The van der Waals surface area contributed by atoms with Gasteiger partial charge in [-0.2, -0.15) is 8.84 Å². The summed E-state index contributed by atoms with van der Waals surface area (Å²) >= 11 is 11.5. The molecule has 0 bridgehead atoms. The number of nitrogens with zero attached hydrogens (tertiary/aromatic N) is 2. The van der Waals surface area contributed by atoms with Gasteiger partial charge in [0.1, 0.15) is 0 Å². The Labute approximate surface area is 114 Å². The standard InChI is InChI=1S/C10H10Cl2N2O4/c1-17-9(15)13(11)7-4-3-5-8(6-7)14(12)10(16)18-2/h3-6H,1-2H3. The zero-order valence-corrected chi connectivity index (χ0v) is 11.1. The molecule has 0 radical (unpaired) electrons. The molecule has 0 aliphatic heterocycles. The number of anilines is 2. The highest BCUT2D eigenvalue weighted by molar-refractivity contribution is 6.37. The van der Waals surface area contributed by atoms with Crippen LogP contribution in [0.25, 0.3) is 0 Å². The molecule has 1 aromatic carbocycles. The average molecular weight is 293 g/mol. The minimum atomic E-state index is -0.756. The van der Waals surface area contributed by atoms with Gasteiger partial charge in [0.05, 0.1) is 25.6 Å². The van der Waals surface area contributed by atoms with Crippen LogP contribution in [-0.2, 0) is 9.47 Å². The molecule has 0 N–H and O–H groups in total. The van der Waals surface area contributed by atoms with Gasteiger partial charge in [0.25, 0.3) is 0 Å². The van der Waals surface area contributed by atoms with Crippen molar-refractivity contribution in [3.05, 3.63) is 24.3 Å². The Morgan fingerprint density at radius 3 is 1.72 bits per heavy atom. The molecule has 0 fully saturated rings. The number of hydrogen-bond acceptors (Lipinski definition) is 4. The highest BCUT2D eigenvalue weighted by Gasteiger charge is 2.17. The van der Waals surface area contributed by atoms with Gasteiger partial charge < -0.3 is 9.47 Å². The van der Waals surface area contributed by atoms with Crippen LogP contribution in [0.5, 0.6) is 0 Å². The van der Waals surface area contributed by atoms with E-state index in [0.29, 0.717) is 11.4 Å². The minimum Gasteiger partial charge on any atom is -0.452 e. The van der Waals surface area contributed by atoms with Crippen LogP contribution in [-0.4, -0.2) is 26.4 Å². The maximum Gasteiger partial charge on any atom is 0.429 e. The molecule has 0 aliphatic carbocycles. The predicted molar refractivity (Wildman–Crippen MR) is 67.9 cm³/mol. The molecule has 18 heavy (non-hydrogen) atoms. The fourth-order valence-electron chi connectivity index (χ4n) is 1.11. The highest BCUT2D eigenvalue weighted by atomic mass is 35.5. The van der Waals surface area contributed by atoms with Gasteiger partial charge in [-0.15, -0.1) is 0 Å². The summed E-state index contributed by atoms with van der Waals surface area (Å²) < 4.78 is 10.4. The van der Waals surface area contributed by atoms with Crippen molar-refractivity contribution in [2.24, 2.45) is 0 Å². The first-order valence-corrected chi connectivity index (χ1v) is 5.36. The van der Waals surface area contributed by atoms with Crippen molar-refractivity contribution < 1.29 is 19.1 Å². The third kappa shape index (κ3) is 3.18. The maximum atomic E-state index is 11.2. The van der Waals surface area contributed by atoms with Gasteiger partial charge in [0, 0.05) is 23.6 Å². The SMILES string of the molecule is COC(=O)N(Cl)c1cccc(N(Cl)C(=O)OC)c1. The Bertz CT molecular complexity index is 418. The van der Waals surface area contributed by atoms with Gasteiger partial charge in [-0.1, -0.05) is 6.07 Å². The molecule has 0 aliphatic rings. The van der Waals surface area contributed by atoms with E-state index in [4.69, 9.17) is 23.6 Å². The van der Waals surface area contributed by atoms with Crippen LogP contribution >= 0.6 is 23.6 Å². The average Bonchev–Trinajstić information content (AvgIpc) is 2.43. The van der Waals surface area contributed by atoms with E-state index in [2.05, 4.69) is 9.47 Å². The first-order valence-electron chi connectivity index (χ1n) is 4.69. The lowest BCUT2D eigenvalue weighted by atomic mass is 10.3. The molecule has 0 aromatic heterocycles. The molecule has 0 unspecified atom stereocenters. The summed E-state index contributed by atoms with van der Waals surface area (Å²) in [7, 11) is 2.40. The van der Waals surface area contributed by atoms with Crippen LogP contribution in [0.2, 0.25) is 0 Å². The van der Waals surface area contributed by atoms with E-state index in [-0.39, 0.29) is 0 Å². The van der Waals surface area contributed by atoms with E-state index in [9.17, 15) is 9.59 Å². The molecule has 2 amide bonds. The van der Waals surface area contributed by atoms with E-state index >= 15 is 0 Å². The Morgan fingerprint density at radius 2 is 1.39 bits per heavy atom.